The number of hydrogen-bond donors (Lipinski definition) is 8. The second-order valence-corrected chi connectivity index (χ2v) is 35.6. The molecule has 0 rings (SSSR count). The molecule has 0 heterocycles. The van der Waals surface area contributed by atoms with Gasteiger partial charge in [0, 0.05) is 26.4 Å². The molecule has 0 fully saturated rings. The Morgan fingerprint density at radius 1 is 0.321 bits per heavy atom. The lowest BCUT2D eigenvalue weighted by molar-refractivity contribution is 0.146. The molecular formula is C73H170N4O4. The van der Waals surface area contributed by atoms with E-state index < -0.39 is 0 Å². The zero-order valence-electron chi connectivity index (χ0n) is 63.6. The fourth-order valence-electron chi connectivity index (χ4n) is 6.48. The average Bonchev–Trinajstić information content (AvgIpc) is 3.22. The fourth-order valence-corrected chi connectivity index (χ4v) is 6.48. The standard InChI is InChI=1S/C9H20.C8H19N.C8H18O.C8H18.2C7H17N.2C7H16O.C6H15N.C6H14O/c1-5-6-7-8-9(2,3)4;2*1-8(2,3)6-4-5-7-9;1-7(2)6-8(3,4)5;1-7(2,3)5-6-8-4;1-7(2,3)5-4-6-8;1-6(5-8)7(2,3)4;1-7(2,3)5-4-6-8;2*1-6(2,3)4-5-7/h5-8H2,1-4H3;4-7,9H2,1-3H3;9H,4-7H2,1-3H3;7H,6H2,1-5H3;8H,5-6H2,1-4H3;4-6,8H2,1-3H3;6,8H,5H2,1-4H3;8H,4-6H2,1-3H3;4-5,7H2,1-3H3;7H,4-5H2,1-3H3. The topological polar surface area (TPSA) is 171 Å². The fraction of sp³-hybridized carbons (Fsp3) is 1.00. The Bertz CT molecular complexity index is 1060. The molecule has 0 bridgehead atoms. The van der Waals surface area contributed by atoms with Gasteiger partial charge in [-0.2, -0.15) is 0 Å². The number of unbranched alkanes of at least 4 members (excludes halogenated alkanes) is 4. The summed E-state index contributed by atoms with van der Waals surface area (Å²) in [6.07, 6.45) is 21.6. The van der Waals surface area contributed by atoms with Gasteiger partial charge in [-0.05, 0) is 183 Å². The van der Waals surface area contributed by atoms with Crippen molar-refractivity contribution < 1.29 is 20.4 Å². The molecule has 8 heteroatoms. The summed E-state index contributed by atoms with van der Waals surface area (Å²) in [5, 5.41) is 37.1. The maximum Gasteiger partial charge on any atom is 0.0461 e. The first-order valence-electron chi connectivity index (χ1n) is 33.1. The number of hydrogen-bond acceptors (Lipinski definition) is 8. The molecule has 8 nitrogen and oxygen atoms in total. The van der Waals surface area contributed by atoms with E-state index in [9.17, 15) is 0 Å². The molecule has 0 spiro atoms. The SMILES string of the molecule is CC(C)(C)CCCCN.CC(C)(C)CCCCO.CC(C)(C)CCCN.CC(C)(C)CCCO.CC(C)(C)CCN.CC(C)(C)CCO.CC(C)CC(C)(C)C.CC(CO)C(C)(C)C.CCCCCC(C)(C)C.CNCCC(C)(C)C. The second kappa shape index (κ2) is 57.4. The number of aliphatic hydroxyl groups is 4. The Hall–Kier alpha value is -0.320. The molecule has 0 aliphatic carbocycles. The van der Waals surface area contributed by atoms with E-state index >= 15 is 0 Å². The molecule has 0 aromatic heterocycles. The highest BCUT2D eigenvalue weighted by molar-refractivity contribution is 4.69. The molecule has 0 aromatic rings. The highest BCUT2D eigenvalue weighted by Gasteiger charge is 2.18. The quantitative estimate of drug-likeness (QED) is 0.0591. The number of nitrogens with one attached hydrogen (secondary N) is 1. The van der Waals surface area contributed by atoms with E-state index in [2.05, 4.69) is 241 Å². The van der Waals surface area contributed by atoms with Crippen LogP contribution in [0.2, 0.25) is 0 Å². The molecule has 0 radical (unpaired) electrons. The van der Waals surface area contributed by atoms with Crippen molar-refractivity contribution in [1.29, 1.82) is 0 Å². The van der Waals surface area contributed by atoms with Crippen molar-refractivity contribution >= 4 is 0 Å². The van der Waals surface area contributed by atoms with Gasteiger partial charge in [-0.3, -0.25) is 0 Å². The zero-order chi connectivity index (χ0) is 67.2. The van der Waals surface area contributed by atoms with Crippen LogP contribution in [0.25, 0.3) is 0 Å². The minimum atomic E-state index is 0.259. The number of aliphatic hydroxyl groups excluding tert-OH is 4. The lowest BCUT2D eigenvalue weighted by Crippen LogP contribution is -2.20. The van der Waals surface area contributed by atoms with Gasteiger partial charge in [0.25, 0.3) is 0 Å². The van der Waals surface area contributed by atoms with Gasteiger partial charge in [-0.15, -0.1) is 0 Å². The van der Waals surface area contributed by atoms with Crippen molar-refractivity contribution in [2.24, 2.45) is 83.2 Å². The van der Waals surface area contributed by atoms with Crippen molar-refractivity contribution in [3.8, 4) is 0 Å². The van der Waals surface area contributed by atoms with E-state index in [-0.39, 0.29) is 5.41 Å². The van der Waals surface area contributed by atoms with Gasteiger partial charge in [0.1, 0.15) is 0 Å². The Kier molecular flexibility index (Phi) is 72.7. The predicted octanol–water partition coefficient (Wildman–Crippen LogP) is 20.7. The molecule has 81 heavy (non-hydrogen) atoms. The van der Waals surface area contributed by atoms with Crippen LogP contribution in [-0.2, 0) is 0 Å². The molecule has 0 aromatic carbocycles. The van der Waals surface area contributed by atoms with Crippen LogP contribution in [0.3, 0.4) is 0 Å². The van der Waals surface area contributed by atoms with Crippen LogP contribution in [0.4, 0.5) is 0 Å². The highest BCUT2D eigenvalue weighted by Crippen LogP contribution is 2.26. The summed E-state index contributed by atoms with van der Waals surface area (Å²) >= 11 is 0. The van der Waals surface area contributed by atoms with Crippen LogP contribution in [0.5, 0.6) is 0 Å². The van der Waals surface area contributed by atoms with Gasteiger partial charge in [0.15, 0.2) is 0 Å². The van der Waals surface area contributed by atoms with Crippen molar-refractivity contribution in [2.45, 2.75) is 351 Å². The maximum atomic E-state index is 8.67. The van der Waals surface area contributed by atoms with E-state index in [0.29, 0.717) is 81.1 Å². The normalized spacial score (nSPS) is 12.5. The van der Waals surface area contributed by atoms with Crippen LogP contribution in [-0.4, -0.2) is 80.1 Å². The molecule has 0 saturated carbocycles. The molecule has 1 unspecified atom stereocenters. The number of rotatable bonds is 19. The molecule has 0 saturated heterocycles. The monoisotopic (exact) mass is 1170 g/mol. The molecule has 0 aliphatic rings. The van der Waals surface area contributed by atoms with Gasteiger partial charge in [-0.25, -0.2) is 0 Å². The van der Waals surface area contributed by atoms with Crippen molar-refractivity contribution in [3.63, 3.8) is 0 Å². The number of nitrogens with two attached hydrogens (primary N) is 3. The summed E-state index contributed by atoms with van der Waals surface area (Å²) in [4.78, 5) is 0. The summed E-state index contributed by atoms with van der Waals surface area (Å²) in [5.74, 6) is 1.25. The Morgan fingerprint density at radius 3 is 0.741 bits per heavy atom. The average molecular weight is 1170 g/mol. The zero-order valence-corrected chi connectivity index (χ0v) is 63.6. The molecule has 1 atom stereocenters. The molecule has 11 N–H and O–H groups in total. The summed E-state index contributed by atoms with van der Waals surface area (Å²) in [7, 11) is 1.99. The predicted molar refractivity (Wildman–Crippen MR) is 377 cm³/mol. The van der Waals surface area contributed by atoms with Gasteiger partial charge >= 0.3 is 0 Å². The van der Waals surface area contributed by atoms with Crippen molar-refractivity contribution in [1.82, 2.24) is 5.32 Å². The second-order valence-electron chi connectivity index (χ2n) is 35.6. The Morgan fingerprint density at radius 2 is 0.617 bits per heavy atom. The van der Waals surface area contributed by atoms with Gasteiger partial charge in [-0.1, -0.05) is 268 Å². The molecular weight excluding hydrogens is 997 g/mol. The Labute approximate surface area is 517 Å². The minimum Gasteiger partial charge on any atom is -0.396 e. The van der Waals surface area contributed by atoms with Gasteiger partial charge in [0.2, 0.25) is 0 Å². The van der Waals surface area contributed by atoms with Crippen molar-refractivity contribution in [2.75, 3.05) is 59.7 Å². The summed E-state index contributed by atoms with van der Waals surface area (Å²) < 4.78 is 0. The van der Waals surface area contributed by atoms with E-state index in [4.69, 9.17) is 37.6 Å². The van der Waals surface area contributed by atoms with E-state index in [1.165, 1.54) is 70.6 Å². The first-order valence-corrected chi connectivity index (χ1v) is 33.1. The highest BCUT2D eigenvalue weighted by atomic mass is 16.3. The third-order valence-corrected chi connectivity index (χ3v) is 12.1. The van der Waals surface area contributed by atoms with E-state index in [0.717, 1.165) is 77.0 Å². The molecule has 506 valence electrons. The van der Waals surface area contributed by atoms with Crippen molar-refractivity contribution in [3.05, 3.63) is 0 Å². The third kappa shape index (κ3) is 167. The maximum absolute atomic E-state index is 8.67. The summed E-state index contributed by atoms with van der Waals surface area (Å²) in [6, 6.07) is 0. The smallest absolute Gasteiger partial charge is 0.0461 e. The third-order valence-electron chi connectivity index (χ3n) is 12.1. The first kappa shape index (κ1) is 103. The molecule has 0 aliphatic heterocycles. The van der Waals surface area contributed by atoms with E-state index in [1.807, 2.05) is 7.05 Å². The first-order chi connectivity index (χ1) is 35.9. The van der Waals surface area contributed by atoms with Crippen LogP contribution in [0.15, 0.2) is 0 Å². The Balaban J connectivity index is -0.0000000865. The largest absolute Gasteiger partial charge is 0.396 e. The van der Waals surface area contributed by atoms with Crippen LogP contribution < -0.4 is 22.5 Å². The molecule has 0 amide bonds. The lowest BCUT2D eigenvalue weighted by Gasteiger charge is -2.24. The van der Waals surface area contributed by atoms with Gasteiger partial charge < -0.3 is 42.9 Å². The van der Waals surface area contributed by atoms with Crippen LogP contribution >= 0.6 is 0 Å². The van der Waals surface area contributed by atoms with Crippen LogP contribution in [0, 0.1) is 66.0 Å². The van der Waals surface area contributed by atoms with Gasteiger partial charge in [0.05, 0.1) is 0 Å². The van der Waals surface area contributed by atoms with E-state index in [1.54, 1.807) is 0 Å². The lowest BCUT2D eigenvalue weighted by atomic mass is 9.83. The summed E-state index contributed by atoms with van der Waals surface area (Å²) in [6.45, 7) is 80.3. The van der Waals surface area contributed by atoms with Crippen LogP contribution in [0.1, 0.15) is 351 Å². The summed E-state index contributed by atoms with van der Waals surface area (Å²) in [5.41, 5.74) is 20.4. The minimum absolute atomic E-state index is 0.259.